The van der Waals surface area contributed by atoms with Gasteiger partial charge in [-0.25, -0.2) is 0 Å². The van der Waals surface area contributed by atoms with Crippen LogP contribution in [0.5, 0.6) is 0 Å². The first-order valence-corrected chi connectivity index (χ1v) is 26.7. The first-order chi connectivity index (χ1) is 33.4. The topological polar surface area (TPSA) is 8.17 Å². The van der Waals surface area contributed by atoms with E-state index in [0.717, 1.165) is 0 Å². The van der Waals surface area contributed by atoms with Crippen molar-refractivity contribution in [2.24, 2.45) is 0 Å². The van der Waals surface area contributed by atoms with Crippen molar-refractivity contribution in [2.75, 3.05) is 4.81 Å². The molecule has 0 saturated heterocycles. The lowest BCUT2D eigenvalue weighted by Crippen LogP contribution is -2.60. The molecule has 342 valence electrons. The van der Waals surface area contributed by atoms with E-state index >= 15 is 0 Å². The Bertz CT molecular complexity index is 4050. The van der Waals surface area contributed by atoms with Crippen molar-refractivity contribution in [3.63, 3.8) is 0 Å². The van der Waals surface area contributed by atoms with Gasteiger partial charge < -0.3 is 9.38 Å². The van der Waals surface area contributed by atoms with Crippen molar-refractivity contribution in [1.29, 1.82) is 0 Å². The molecule has 5 aliphatic rings. The lowest BCUT2D eigenvalue weighted by atomic mass is 9.43. The van der Waals surface area contributed by atoms with Crippen LogP contribution in [0, 0.1) is 0 Å². The molecule has 70 heavy (non-hydrogen) atoms. The highest BCUT2D eigenvalue weighted by atomic mass is 32.1. The fourth-order valence-electron chi connectivity index (χ4n) is 14.7. The average Bonchev–Trinajstić information content (AvgIpc) is 4.01. The maximum atomic E-state index is 2.79. The fourth-order valence-corrected chi connectivity index (χ4v) is 15.8. The third kappa shape index (κ3) is 4.97. The molecule has 0 unspecified atom stereocenters. The highest BCUT2D eigenvalue weighted by molar-refractivity contribution is 7.26. The standard InChI is InChI=1S/C66H59BN2S/c1-62(2,3)36-24-26-37(27-25-36)69-52-33-47-41(38-18-12-15-21-45(38)65(47,8)9)30-43(52)57-56-40-20-13-16-22-46(40)66(10,11)59(56)58-44-31-48-49(64(6,7)29-28-63(48,4)5)34-51(44)68-53-35-55-42(39-19-14-17-23-54(39)70-55)32-50(53)67(69)60(57)61(58)68/h12-27,30-35H,28-29H2,1-11H3. The van der Waals surface area contributed by atoms with Crippen LogP contribution < -0.4 is 15.7 Å². The molecule has 4 heteroatoms. The van der Waals surface area contributed by atoms with Gasteiger partial charge in [0.1, 0.15) is 0 Å². The summed E-state index contributed by atoms with van der Waals surface area (Å²) in [5.74, 6) is 0. The first-order valence-electron chi connectivity index (χ1n) is 25.8. The van der Waals surface area contributed by atoms with Crippen LogP contribution in [0.1, 0.15) is 128 Å². The summed E-state index contributed by atoms with van der Waals surface area (Å²) in [4.78, 5) is 2.79. The van der Waals surface area contributed by atoms with E-state index in [1.54, 1.807) is 0 Å². The van der Waals surface area contributed by atoms with E-state index in [9.17, 15) is 0 Å². The minimum Gasteiger partial charge on any atom is -0.376 e. The molecule has 15 rings (SSSR count). The van der Waals surface area contributed by atoms with Crippen molar-refractivity contribution in [3.05, 3.63) is 172 Å². The van der Waals surface area contributed by atoms with E-state index in [1.807, 2.05) is 11.3 Å². The average molecular weight is 923 g/mol. The summed E-state index contributed by atoms with van der Waals surface area (Å²) >= 11 is 1.94. The second-order valence-electron chi connectivity index (χ2n) is 25.1. The monoisotopic (exact) mass is 922 g/mol. The van der Waals surface area contributed by atoms with Gasteiger partial charge in [0.15, 0.2) is 0 Å². The SMILES string of the molecule is CC(C)(C)c1ccc(N2B3c4cc5c(cc4-n4c6cc7c(cc6c6c8c(c(c3c64)-c3cc4c(cc32)C(C)(C)c2ccccc2-4)-c2ccccc2C8(C)C)C(C)(C)CCC7(C)C)sc2ccccc25)cc1. The summed E-state index contributed by atoms with van der Waals surface area (Å²) in [7, 11) is 0. The number of thiophene rings is 1. The predicted molar refractivity (Wildman–Crippen MR) is 302 cm³/mol. The van der Waals surface area contributed by atoms with Crippen molar-refractivity contribution in [2.45, 2.75) is 116 Å². The smallest absolute Gasteiger partial charge is 0.333 e. The van der Waals surface area contributed by atoms with Crippen LogP contribution in [0.2, 0.25) is 0 Å². The number of rotatable bonds is 1. The summed E-state index contributed by atoms with van der Waals surface area (Å²) in [6, 6.07) is 53.3. The van der Waals surface area contributed by atoms with Crippen molar-refractivity contribution in [3.8, 4) is 39.1 Å². The lowest BCUT2D eigenvalue weighted by molar-refractivity contribution is 0.332. The molecule has 2 aliphatic heterocycles. The highest BCUT2D eigenvalue weighted by Crippen LogP contribution is 2.62. The molecule has 8 aromatic carbocycles. The summed E-state index contributed by atoms with van der Waals surface area (Å²) in [6.07, 6.45) is 2.36. The molecule has 0 saturated carbocycles. The zero-order valence-corrected chi connectivity index (χ0v) is 43.3. The molecule has 10 aromatic rings. The summed E-state index contributed by atoms with van der Waals surface area (Å²) in [5.41, 5.74) is 27.6. The minimum atomic E-state index is -0.249. The van der Waals surface area contributed by atoms with Gasteiger partial charge in [0, 0.05) is 64.4 Å². The molecule has 0 atom stereocenters. The molecule has 2 aromatic heterocycles. The van der Waals surface area contributed by atoms with Gasteiger partial charge in [0.2, 0.25) is 0 Å². The highest BCUT2D eigenvalue weighted by Gasteiger charge is 2.51. The van der Waals surface area contributed by atoms with Crippen LogP contribution >= 0.6 is 11.3 Å². The molecular weight excluding hydrogens is 864 g/mol. The number of fused-ring (bicyclic) bond motifs is 20. The second-order valence-corrected chi connectivity index (χ2v) is 26.2. The van der Waals surface area contributed by atoms with Gasteiger partial charge in [-0.3, -0.25) is 0 Å². The Kier molecular flexibility index (Phi) is 7.66. The molecule has 4 heterocycles. The van der Waals surface area contributed by atoms with Crippen LogP contribution in [0.15, 0.2) is 133 Å². The Hall–Kier alpha value is -6.36. The Labute approximate surface area is 417 Å². The summed E-state index contributed by atoms with van der Waals surface area (Å²) in [6.45, 7) is 26.8. The van der Waals surface area contributed by atoms with E-state index in [4.69, 9.17) is 0 Å². The maximum Gasteiger partial charge on any atom is 0.333 e. The van der Waals surface area contributed by atoms with Gasteiger partial charge in [-0.2, -0.15) is 0 Å². The van der Waals surface area contributed by atoms with E-state index in [1.165, 1.54) is 155 Å². The number of hydrogen-bond donors (Lipinski definition) is 0. The van der Waals surface area contributed by atoms with Gasteiger partial charge in [-0.05, 0) is 155 Å². The predicted octanol–water partition coefficient (Wildman–Crippen LogP) is 16.6. The Morgan fingerprint density at radius 3 is 1.90 bits per heavy atom. The Morgan fingerprint density at radius 1 is 0.514 bits per heavy atom. The lowest BCUT2D eigenvalue weighted by Gasteiger charge is -2.44. The van der Waals surface area contributed by atoms with E-state index in [2.05, 4.69) is 219 Å². The first kappa shape index (κ1) is 41.4. The largest absolute Gasteiger partial charge is 0.376 e. The second kappa shape index (κ2) is 12.9. The van der Waals surface area contributed by atoms with Crippen LogP contribution in [0.3, 0.4) is 0 Å². The molecule has 0 bridgehead atoms. The molecular formula is C66H59BN2S. The summed E-state index contributed by atoms with van der Waals surface area (Å²) < 4.78 is 5.48. The Balaban J connectivity index is 1.20. The number of nitrogens with zero attached hydrogens (tertiary/aromatic N) is 2. The molecule has 0 radical (unpaired) electrons. The third-order valence-corrected chi connectivity index (χ3v) is 19.7. The quantitative estimate of drug-likeness (QED) is 0.149. The van der Waals surface area contributed by atoms with Gasteiger partial charge in [-0.1, -0.05) is 161 Å². The van der Waals surface area contributed by atoms with Crippen LogP contribution in [0.25, 0.3) is 81.0 Å². The van der Waals surface area contributed by atoms with Gasteiger partial charge in [0.25, 0.3) is 0 Å². The van der Waals surface area contributed by atoms with Crippen molar-refractivity contribution in [1.82, 2.24) is 4.57 Å². The zero-order valence-electron chi connectivity index (χ0n) is 42.5. The molecule has 0 fully saturated rings. The third-order valence-electron chi connectivity index (χ3n) is 18.5. The zero-order chi connectivity index (χ0) is 47.9. The van der Waals surface area contributed by atoms with Gasteiger partial charge >= 0.3 is 6.85 Å². The van der Waals surface area contributed by atoms with Crippen molar-refractivity contribution >= 4 is 82.5 Å². The molecule has 0 N–H and O–H groups in total. The van der Waals surface area contributed by atoms with Gasteiger partial charge in [0.05, 0.1) is 11.0 Å². The number of anilines is 2. The number of benzene rings is 8. The summed E-state index contributed by atoms with van der Waals surface area (Å²) in [5, 5.41) is 5.54. The van der Waals surface area contributed by atoms with Crippen molar-refractivity contribution < 1.29 is 0 Å². The fraction of sp³-hybridized carbons (Fsp3) is 0.273. The van der Waals surface area contributed by atoms with E-state index in [-0.39, 0.29) is 33.9 Å². The van der Waals surface area contributed by atoms with E-state index in [0.29, 0.717) is 0 Å². The van der Waals surface area contributed by atoms with Crippen LogP contribution in [-0.4, -0.2) is 11.4 Å². The van der Waals surface area contributed by atoms with Crippen LogP contribution in [-0.2, 0) is 27.1 Å². The molecule has 0 amide bonds. The number of aromatic nitrogens is 1. The van der Waals surface area contributed by atoms with Gasteiger partial charge in [-0.15, -0.1) is 11.3 Å². The minimum absolute atomic E-state index is 0.0285. The maximum absolute atomic E-state index is 2.79. The van der Waals surface area contributed by atoms with E-state index < -0.39 is 0 Å². The Morgan fingerprint density at radius 2 is 1.17 bits per heavy atom. The molecule has 2 nitrogen and oxygen atoms in total. The number of hydrogen-bond acceptors (Lipinski definition) is 2. The van der Waals surface area contributed by atoms with Crippen LogP contribution in [0.4, 0.5) is 11.4 Å². The normalized spacial score (nSPS) is 17.9. The molecule has 0 spiro atoms. The molecule has 3 aliphatic carbocycles.